The van der Waals surface area contributed by atoms with Gasteiger partial charge in [-0.1, -0.05) is 0 Å². The van der Waals surface area contributed by atoms with Crippen LogP contribution in [0.4, 0.5) is 11.8 Å². The van der Waals surface area contributed by atoms with Gasteiger partial charge in [0.15, 0.2) is 0 Å². The number of nitrogens with one attached hydrogen (secondary N) is 1. The number of nitrogens with two attached hydrogens (primary N) is 1. The molecule has 0 atom stereocenters. The highest BCUT2D eigenvalue weighted by Crippen LogP contribution is 2.23. The number of anilines is 2. The van der Waals surface area contributed by atoms with Crippen LogP contribution in [0.3, 0.4) is 0 Å². The molecule has 0 aliphatic heterocycles. The molecule has 0 spiro atoms. The zero-order valence-electron chi connectivity index (χ0n) is 8.10. The van der Waals surface area contributed by atoms with Crippen LogP contribution in [0.1, 0.15) is 18.4 Å². The van der Waals surface area contributed by atoms with Crippen molar-refractivity contribution in [3.63, 3.8) is 0 Å². The summed E-state index contributed by atoms with van der Waals surface area (Å²) < 4.78 is 0. The van der Waals surface area contributed by atoms with Crippen LogP contribution < -0.4 is 11.1 Å². The fraction of sp³-hybridized carbons (Fsp3) is 0.444. The van der Waals surface area contributed by atoms with Gasteiger partial charge in [0.2, 0.25) is 5.95 Å². The smallest absolute Gasteiger partial charge is 0.308 e. The summed E-state index contributed by atoms with van der Waals surface area (Å²) >= 11 is 0. The average molecular weight is 208 g/mol. The Morgan fingerprint density at radius 3 is 2.93 bits per heavy atom. The molecule has 6 heteroatoms. The molecular formula is C9H12N4O2. The van der Waals surface area contributed by atoms with Crippen molar-refractivity contribution < 1.29 is 9.90 Å². The summed E-state index contributed by atoms with van der Waals surface area (Å²) in [5.74, 6) is -0.229. The maximum absolute atomic E-state index is 10.5. The normalized spacial score (nSPS) is 14.9. The summed E-state index contributed by atoms with van der Waals surface area (Å²) in [6.07, 6.45) is 3.57. The Morgan fingerprint density at radius 2 is 2.40 bits per heavy atom. The Bertz CT molecular complexity index is 390. The maximum atomic E-state index is 10.5. The monoisotopic (exact) mass is 208 g/mol. The summed E-state index contributed by atoms with van der Waals surface area (Å²) in [7, 11) is 0. The molecule has 1 aliphatic carbocycles. The third kappa shape index (κ3) is 2.55. The molecule has 0 amide bonds. The van der Waals surface area contributed by atoms with Crippen LogP contribution in [-0.2, 0) is 11.2 Å². The van der Waals surface area contributed by atoms with Gasteiger partial charge in [-0.05, 0) is 12.8 Å². The molecule has 1 aromatic heterocycles. The number of hydrogen-bond donors (Lipinski definition) is 3. The van der Waals surface area contributed by atoms with Gasteiger partial charge in [-0.2, -0.15) is 4.98 Å². The lowest BCUT2D eigenvalue weighted by molar-refractivity contribution is -0.136. The number of rotatable bonds is 4. The van der Waals surface area contributed by atoms with Gasteiger partial charge >= 0.3 is 5.97 Å². The van der Waals surface area contributed by atoms with Crippen LogP contribution in [-0.4, -0.2) is 27.1 Å². The molecule has 0 unspecified atom stereocenters. The number of carboxylic acid groups (broad SMARTS) is 1. The summed E-state index contributed by atoms with van der Waals surface area (Å²) in [6, 6.07) is 0.453. The third-order valence-electron chi connectivity index (χ3n) is 2.15. The van der Waals surface area contributed by atoms with E-state index in [0.717, 1.165) is 12.8 Å². The largest absolute Gasteiger partial charge is 0.481 e. The molecule has 0 bridgehead atoms. The van der Waals surface area contributed by atoms with Crippen molar-refractivity contribution in [1.82, 2.24) is 9.97 Å². The van der Waals surface area contributed by atoms with E-state index in [1.165, 1.54) is 6.20 Å². The van der Waals surface area contributed by atoms with Crippen molar-refractivity contribution >= 4 is 17.7 Å². The second-order valence-electron chi connectivity index (χ2n) is 3.59. The Kier molecular flexibility index (Phi) is 2.40. The summed E-state index contributed by atoms with van der Waals surface area (Å²) in [6.45, 7) is 0. The SMILES string of the molecule is Nc1nc(NC2CC2)ncc1CC(=O)O. The van der Waals surface area contributed by atoms with Crippen LogP contribution in [0.15, 0.2) is 6.20 Å². The van der Waals surface area contributed by atoms with Gasteiger partial charge in [-0.25, -0.2) is 4.98 Å². The van der Waals surface area contributed by atoms with Gasteiger partial charge in [0.25, 0.3) is 0 Å². The van der Waals surface area contributed by atoms with Crippen molar-refractivity contribution in [2.45, 2.75) is 25.3 Å². The van der Waals surface area contributed by atoms with E-state index in [9.17, 15) is 4.79 Å². The Morgan fingerprint density at radius 1 is 1.67 bits per heavy atom. The van der Waals surface area contributed by atoms with Crippen LogP contribution >= 0.6 is 0 Å². The van der Waals surface area contributed by atoms with Gasteiger partial charge in [0, 0.05) is 17.8 Å². The Balaban J connectivity index is 2.10. The minimum atomic E-state index is -0.937. The molecule has 1 saturated carbocycles. The number of aromatic nitrogens is 2. The fourth-order valence-electron chi connectivity index (χ4n) is 1.20. The van der Waals surface area contributed by atoms with E-state index in [0.29, 0.717) is 17.6 Å². The number of nitrogens with zero attached hydrogens (tertiary/aromatic N) is 2. The third-order valence-corrected chi connectivity index (χ3v) is 2.15. The van der Waals surface area contributed by atoms with Crippen LogP contribution in [0.25, 0.3) is 0 Å². The first kappa shape index (κ1) is 9.70. The lowest BCUT2D eigenvalue weighted by Gasteiger charge is -2.05. The van der Waals surface area contributed by atoms with Crippen LogP contribution in [0, 0.1) is 0 Å². The first-order valence-electron chi connectivity index (χ1n) is 4.75. The van der Waals surface area contributed by atoms with Crippen LogP contribution in [0.2, 0.25) is 0 Å². The molecule has 80 valence electrons. The van der Waals surface area contributed by atoms with Gasteiger partial charge in [0.1, 0.15) is 5.82 Å². The van der Waals surface area contributed by atoms with Crippen molar-refractivity contribution in [2.75, 3.05) is 11.1 Å². The summed E-state index contributed by atoms with van der Waals surface area (Å²) in [5.41, 5.74) is 6.06. The average Bonchev–Trinajstić information content (AvgIpc) is 2.93. The topological polar surface area (TPSA) is 101 Å². The molecule has 1 aliphatic rings. The van der Waals surface area contributed by atoms with Gasteiger partial charge in [-0.15, -0.1) is 0 Å². The van der Waals surface area contributed by atoms with Crippen molar-refractivity contribution in [1.29, 1.82) is 0 Å². The molecular weight excluding hydrogens is 196 g/mol. The van der Waals surface area contributed by atoms with Crippen LogP contribution in [0.5, 0.6) is 0 Å². The molecule has 0 aromatic carbocycles. The highest BCUT2D eigenvalue weighted by atomic mass is 16.4. The first-order chi connectivity index (χ1) is 7.15. The molecule has 2 rings (SSSR count). The number of aliphatic carboxylic acids is 1. The Hall–Kier alpha value is -1.85. The van der Waals surface area contributed by atoms with E-state index in [-0.39, 0.29) is 12.2 Å². The highest BCUT2D eigenvalue weighted by Gasteiger charge is 2.22. The quantitative estimate of drug-likeness (QED) is 0.656. The number of carbonyl (C=O) groups is 1. The number of carboxylic acids is 1. The molecule has 15 heavy (non-hydrogen) atoms. The van der Waals surface area contributed by atoms with E-state index in [2.05, 4.69) is 15.3 Å². The second-order valence-corrected chi connectivity index (χ2v) is 3.59. The van der Waals surface area contributed by atoms with Crippen molar-refractivity contribution in [3.8, 4) is 0 Å². The molecule has 1 aromatic rings. The molecule has 0 radical (unpaired) electrons. The minimum Gasteiger partial charge on any atom is -0.481 e. The van der Waals surface area contributed by atoms with E-state index in [4.69, 9.17) is 10.8 Å². The predicted molar refractivity (Wildman–Crippen MR) is 54.4 cm³/mol. The lowest BCUT2D eigenvalue weighted by Crippen LogP contribution is -2.10. The van der Waals surface area contributed by atoms with Crippen molar-refractivity contribution in [3.05, 3.63) is 11.8 Å². The van der Waals surface area contributed by atoms with Gasteiger partial charge in [-0.3, -0.25) is 4.79 Å². The number of hydrogen-bond acceptors (Lipinski definition) is 5. The van der Waals surface area contributed by atoms with E-state index in [1.54, 1.807) is 0 Å². The zero-order valence-corrected chi connectivity index (χ0v) is 8.10. The molecule has 6 nitrogen and oxygen atoms in total. The summed E-state index contributed by atoms with van der Waals surface area (Å²) in [5, 5.41) is 11.7. The fourth-order valence-corrected chi connectivity index (χ4v) is 1.20. The van der Waals surface area contributed by atoms with E-state index >= 15 is 0 Å². The summed E-state index contributed by atoms with van der Waals surface area (Å²) in [4.78, 5) is 18.5. The first-order valence-corrected chi connectivity index (χ1v) is 4.75. The predicted octanol–water partition coefficient (Wildman–Crippen LogP) is 0.260. The second kappa shape index (κ2) is 3.72. The van der Waals surface area contributed by atoms with E-state index < -0.39 is 5.97 Å². The highest BCUT2D eigenvalue weighted by molar-refractivity contribution is 5.72. The Labute approximate surface area is 86.5 Å². The van der Waals surface area contributed by atoms with E-state index in [1.807, 2.05) is 0 Å². The molecule has 1 fully saturated rings. The molecule has 4 N–H and O–H groups in total. The standard InChI is InChI=1S/C9H12N4O2/c10-8-5(3-7(14)15)4-11-9(13-8)12-6-1-2-6/h4,6H,1-3H2,(H,14,15)(H3,10,11,12,13). The maximum Gasteiger partial charge on any atom is 0.308 e. The van der Waals surface area contributed by atoms with Crippen molar-refractivity contribution in [2.24, 2.45) is 0 Å². The lowest BCUT2D eigenvalue weighted by atomic mass is 10.2. The molecule has 1 heterocycles. The zero-order chi connectivity index (χ0) is 10.8. The number of nitrogen functional groups attached to an aromatic ring is 1. The van der Waals surface area contributed by atoms with Gasteiger partial charge in [0.05, 0.1) is 6.42 Å². The van der Waals surface area contributed by atoms with Gasteiger partial charge < -0.3 is 16.2 Å². The minimum absolute atomic E-state index is 0.143. The molecule has 0 saturated heterocycles.